The van der Waals surface area contributed by atoms with Gasteiger partial charge in [0.05, 0.1) is 0 Å². The van der Waals surface area contributed by atoms with Crippen molar-refractivity contribution < 1.29 is 5.11 Å². The van der Waals surface area contributed by atoms with E-state index in [0.29, 0.717) is 6.61 Å². The quantitative estimate of drug-likeness (QED) is 0.717. The fourth-order valence-corrected chi connectivity index (χ4v) is 0.387. The Morgan fingerprint density at radius 3 is 2.00 bits per heavy atom. The minimum absolute atomic E-state index is 0. The maximum atomic E-state index is 8.29. The average molecular weight is 231 g/mol. The van der Waals surface area contributed by atoms with Crippen LogP contribution < -0.4 is 0 Å². The van der Waals surface area contributed by atoms with Crippen molar-refractivity contribution in [2.45, 2.75) is 6.42 Å². The summed E-state index contributed by atoms with van der Waals surface area (Å²) in [5.74, 6) is 0. The van der Waals surface area contributed by atoms with Gasteiger partial charge in [-0.15, -0.1) is 24.0 Å². The van der Waals surface area contributed by atoms with Gasteiger partial charge in [0.15, 0.2) is 0 Å². The molecule has 0 aromatic heterocycles. The van der Waals surface area contributed by atoms with Gasteiger partial charge in [-0.1, -0.05) is 0 Å². The number of halogens is 1. The molecule has 0 saturated carbocycles. The topological polar surface area (TPSA) is 23.5 Å². The monoisotopic (exact) mass is 231 g/mol. The predicted octanol–water partition coefficient (Wildman–Crippen LogP) is 0.548. The number of hydrogen-bond donors (Lipinski definition) is 1. The van der Waals surface area contributed by atoms with Crippen molar-refractivity contribution in [3.8, 4) is 0 Å². The van der Waals surface area contributed by atoms with Crippen LogP contribution in [-0.4, -0.2) is 37.3 Å². The fourth-order valence-electron chi connectivity index (χ4n) is 0.387. The molecule has 0 aliphatic rings. The van der Waals surface area contributed by atoms with Crippen LogP contribution in [0.3, 0.4) is 0 Å². The SMILES string of the molecule is CN(C)CCCO.I. The van der Waals surface area contributed by atoms with Crippen molar-refractivity contribution in [3.63, 3.8) is 0 Å². The molecule has 0 bridgehead atoms. The summed E-state index contributed by atoms with van der Waals surface area (Å²) in [7, 11) is 3.99. The first-order chi connectivity index (χ1) is 3.27. The van der Waals surface area contributed by atoms with Crippen LogP contribution in [0.25, 0.3) is 0 Å². The second-order valence-electron chi connectivity index (χ2n) is 1.88. The summed E-state index contributed by atoms with van der Waals surface area (Å²) in [5, 5.41) is 8.29. The first kappa shape index (κ1) is 11.4. The summed E-state index contributed by atoms with van der Waals surface area (Å²) >= 11 is 0. The molecule has 52 valence electrons. The molecular weight excluding hydrogens is 217 g/mol. The van der Waals surface area contributed by atoms with Crippen molar-refractivity contribution >= 4 is 24.0 Å². The number of rotatable bonds is 3. The summed E-state index contributed by atoms with van der Waals surface area (Å²) < 4.78 is 0. The Kier molecular flexibility index (Phi) is 10.9. The molecule has 8 heavy (non-hydrogen) atoms. The summed E-state index contributed by atoms with van der Waals surface area (Å²) in [4.78, 5) is 2.05. The van der Waals surface area contributed by atoms with Crippen LogP contribution in [0.2, 0.25) is 0 Å². The highest BCUT2D eigenvalue weighted by atomic mass is 127. The van der Waals surface area contributed by atoms with Gasteiger partial charge in [-0.2, -0.15) is 0 Å². The van der Waals surface area contributed by atoms with Crippen LogP contribution in [0.5, 0.6) is 0 Å². The molecule has 0 saturated heterocycles. The molecule has 0 rings (SSSR count). The van der Waals surface area contributed by atoms with Gasteiger partial charge in [0.25, 0.3) is 0 Å². The summed E-state index contributed by atoms with van der Waals surface area (Å²) in [5.41, 5.74) is 0. The Balaban J connectivity index is 0. The van der Waals surface area contributed by atoms with Crippen LogP contribution in [0, 0.1) is 0 Å². The molecule has 2 nitrogen and oxygen atoms in total. The zero-order valence-corrected chi connectivity index (χ0v) is 7.75. The third-order valence-corrected chi connectivity index (χ3v) is 0.763. The van der Waals surface area contributed by atoms with E-state index in [1.165, 1.54) is 0 Å². The van der Waals surface area contributed by atoms with Gasteiger partial charge in [-0.25, -0.2) is 0 Å². The molecule has 0 aliphatic carbocycles. The fraction of sp³-hybridized carbons (Fsp3) is 1.00. The average Bonchev–Trinajstić information content (AvgIpc) is 1.61. The molecule has 1 N–H and O–H groups in total. The Labute approximate surface area is 67.9 Å². The van der Waals surface area contributed by atoms with E-state index in [4.69, 9.17) is 5.11 Å². The Bertz CT molecular complexity index is 41.4. The van der Waals surface area contributed by atoms with E-state index >= 15 is 0 Å². The van der Waals surface area contributed by atoms with Gasteiger partial charge < -0.3 is 10.0 Å². The molecule has 0 unspecified atom stereocenters. The van der Waals surface area contributed by atoms with Gasteiger partial charge in [0.2, 0.25) is 0 Å². The van der Waals surface area contributed by atoms with Gasteiger partial charge in [-0.3, -0.25) is 0 Å². The van der Waals surface area contributed by atoms with Gasteiger partial charge in [0, 0.05) is 6.61 Å². The molecule has 3 heteroatoms. The van der Waals surface area contributed by atoms with Crippen LogP contribution in [0.1, 0.15) is 6.42 Å². The van der Waals surface area contributed by atoms with Crippen molar-refractivity contribution in [2.75, 3.05) is 27.2 Å². The minimum Gasteiger partial charge on any atom is -0.396 e. The molecule has 0 spiro atoms. The van der Waals surface area contributed by atoms with E-state index in [1.54, 1.807) is 0 Å². The highest BCUT2D eigenvalue weighted by Crippen LogP contribution is 1.77. The normalized spacial score (nSPS) is 9.00. The maximum Gasteiger partial charge on any atom is 0.0443 e. The van der Waals surface area contributed by atoms with E-state index in [1.807, 2.05) is 14.1 Å². The molecule has 0 amide bonds. The van der Waals surface area contributed by atoms with Crippen LogP contribution in [0.15, 0.2) is 0 Å². The Morgan fingerprint density at radius 1 is 1.38 bits per heavy atom. The zero-order valence-electron chi connectivity index (χ0n) is 5.42. The maximum absolute atomic E-state index is 8.29. The van der Waals surface area contributed by atoms with Crippen LogP contribution in [-0.2, 0) is 0 Å². The lowest BCUT2D eigenvalue weighted by molar-refractivity contribution is 0.263. The highest BCUT2D eigenvalue weighted by Gasteiger charge is 1.84. The van der Waals surface area contributed by atoms with Gasteiger partial charge in [0.1, 0.15) is 0 Å². The Hall–Kier alpha value is 0.650. The molecular formula is C5H14INO. The summed E-state index contributed by atoms with van der Waals surface area (Å²) in [6, 6.07) is 0. The molecule has 0 atom stereocenters. The van der Waals surface area contributed by atoms with Gasteiger partial charge >= 0.3 is 0 Å². The second kappa shape index (κ2) is 7.65. The van der Waals surface area contributed by atoms with Crippen molar-refractivity contribution in [1.29, 1.82) is 0 Å². The van der Waals surface area contributed by atoms with Crippen LogP contribution in [0.4, 0.5) is 0 Å². The molecule has 0 radical (unpaired) electrons. The Morgan fingerprint density at radius 2 is 1.88 bits per heavy atom. The smallest absolute Gasteiger partial charge is 0.0443 e. The van der Waals surface area contributed by atoms with E-state index in [9.17, 15) is 0 Å². The third kappa shape index (κ3) is 9.82. The van der Waals surface area contributed by atoms with Crippen molar-refractivity contribution in [2.24, 2.45) is 0 Å². The minimum atomic E-state index is 0. The highest BCUT2D eigenvalue weighted by molar-refractivity contribution is 14.0. The van der Waals surface area contributed by atoms with Gasteiger partial charge in [-0.05, 0) is 27.1 Å². The van der Waals surface area contributed by atoms with Crippen molar-refractivity contribution in [1.82, 2.24) is 4.90 Å². The lowest BCUT2D eigenvalue weighted by Gasteiger charge is -2.05. The zero-order chi connectivity index (χ0) is 5.70. The van der Waals surface area contributed by atoms with E-state index in [-0.39, 0.29) is 24.0 Å². The molecule has 0 aliphatic heterocycles. The summed E-state index contributed by atoms with van der Waals surface area (Å²) in [6.45, 7) is 1.29. The lowest BCUT2D eigenvalue weighted by Crippen LogP contribution is -2.13. The number of hydrogen-bond acceptors (Lipinski definition) is 2. The summed E-state index contributed by atoms with van der Waals surface area (Å²) in [6.07, 6.45) is 0.882. The number of aliphatic hydroxyl groups is 1. The standard InChI is InChI=1S/C5H13NO.HI/c1-6(2)4-3-5-7;/h7H,3-5H2,1-2H3;1H. The third-order valence-electron chi connectivity index (χ3n) is 0.763. The first-order valence-corrected chi connectivity index (χ1v) is 2.53. The van der Waals surface area contributed by atoms with E-state index in [0.717, 1.165) is 13.0 Å². The first-order valence-electron chi connectivity index (χ1n) is 2.53. The molecule has 0 fully saturated rings. The predicted molar refractivity (Wildman–Crippen MR) is 45.7 cm³/mol. The van der Waals surface area contributed by atoms with Crippen LogP contribution >= 0.6 is 24.0 Å². The van der Waals surface area contributed by atoms with E-state index < -0.39 is 0 Å². The number of nitrogens with zero attached hydrogens (tertiary/aromatic N) is 1. The van der Waals surface area contributed by atoms with Crippen molar-refractivity contribution in [3.05, 3.63) is 0 Å². The molecule has 0 aromatic carbocycles. The second-order valence-corrected chi connectivity index (χ2v) is 1.88. The largest absolute Gasteiger partial charge is 0.396 e. The molecule has 0 aromatic rings. The number of aliphatic hydroxyl groups excluding tert-OH is 1. The molecule has 0 heterocycles. The lowest BCUT2D eigenvalue weighted by atomic mass is 10.4. The van der Waals surface area contributed by atoms with E-state index in [2.05, 4.69) is 4.90 Å².